The Balaban J connectivity index is 2.11. The molecule has 0 saturated heterocycles. The monoisotopic (exact) mass is 393 g/mol. The van der Waals surface area contributed by atoms with Gasteiger partial charge in [0, 0.05) is 34.8 Å². The number of para-hydroxylation sites is 1. The van der Waals surface area contributed by atoms with E-state index in [0.29, 0.717) is 6.42 Å². The SMILES string of the molecule is CCC(=O)c1ccccc1N1CCNc2ncc(I)cc21. The van der Waals surface area contributed by atoms with E-state index in [4.69, 9.17) is 0 Å². The molecule has 21 heavy (non-hydrogen) atoms. The van der Waals surface area contributed by atoms with Crippen molar-refractivity contribution >= 4 is 45.6 Å². The number of anilines is 3. The first kappa shape index (κ1) is 14.3. The third-order valence-electron chi connectivity index (χ3n) is 3.57. The normalized spacial score (nSPS) is 13.5. The summed E-state index contributed by atoms with van der Waals surface area (Å²) in [4.78, 5) is 18.8. The summed E-state index contributed by atoms with van der Waals surface area (Å²) in [6, 6.07) is 9.91. The molecule has 0 unspecified atom stereocenters. The van der Waals surface area contributed by atoms with Gasteiger partial charge in [0.05, 0.1) is 11.4 Å². The van der Waals surface area contributed by atoms with E-state index in [1.807, 2.05) is 37.4 Å². The molecule has 1 aliphatic heterocycles. The molecule has 5 heteroatoms. The quantitative estimate of drug-likeness (QED) is 0.636. The van der Waals surface area contributed by atoms with Gasteiger partial charge in [-0.05, 0) is 40.8 Å². The highest BCUT2D eigenvalue weighted by atomic mass is 127. The zero-order chi connectivity index (χ0) is 14.8. The smallest absolute Gasteiger partial charge is 0.164 e. The fourth-order valence-corrected chi connectivity index (χ4v) is 3.00. The maximum atomic E-state index is 12.2. The van der Waals surface area contributed by atoms with Crippen LogP contribution in [-0.2, 0) is 0 Å². The number of halogens is 1. The Labute approximate surface area is 137 Å². The number of rotatable bonds is 3. The summed E-state index contributed by atoms with van der Waals surface area (Å²) in [5.41, 5.74) is 2.78. The molecule has 0 saturated carbocycles. The summed E-state index contributed by atoms with van der Waals surface area (Å²) < 4.78 is 1.08. The van der Waals surface area contributed by atoms with Crippen LogP contribution in [0.15, 0.2) is 36.5 Å². The summed E-state index contributed by atoms with van der Waals surface area (Å²) in [7, 11) is 0. The Kier molecular flexibility index (Phi) is 4.10. The molecule has 3 rings (SSSR count). The molecule has 1 aromatic heterocycles. The molecule has 0 fully saturated rings. The molecule has 2 aromatic rings. The summed E-state index contributed by atoms with van der Waals surface area (Å²) >= 11 is 2.26. The number of carbonyl (C=O) groups excluding carboxylic acids is 1. The third kappa shape index (κ3) is 2.74. The van der Waals surface area contributed by atoms with Gasteiger partial charge in [-0.3, -0.25) is 4.79 Å². The lowest BCUT2D eigenvalue weighted by Crippen LogP contribution is -2.31. The van der Waals surface area contributed by atoms with E-state index >= 15 is 0 Å². The van der Waals surface area contributed by atoms with E-state index in [9.17, 15) is 4.79 Å². The first-order valence-corrected chi connectivity index (χ1v) is 8.07. The molecule has 0 amide bonds. The van der Waals surface area contributed by atoms with Gasteiger partial charge in [-0.15, -0.1) is 0 Å². The molecule has 2 heterocycles. The summed E-state index contributed by atoms with van der Waals surface area (Å²) in [5, 5.41) is 3.31. The Morgan fingerprint density at radius 2 is 2.19 bits per heavy atom. The van der Waals surface area contributed by atoms with Crippen molar-refractivity contribution in [3.05, 3.63) is 45.7 Å². The van der Waals surface area contributed by atoms with E-state index < -0.39 is 0 Å². The van der Waals surface area contributed by atoms with Gasteiger partial charge >= 0.3 is 0 Å². The molecule has 0 aliphatic carbocycles. The topological polar surface area (TPSA) is 45.2 Å². The number of benzene rings is 1. The fourth-order valence-electron chi connectivity index (χ4n) is 2.56. The second-order valence-electron chi connectivity index (χ2n) is 4.89. The molecule has 1 aromatic carbocycles. The van der Waals surface area contributed by atoms with Crippen LogP contribution in [0.2, 0.25) is 0 Å². The molecule has 1 N–H and O–H groups in total. The van der Waals surface area contributed by atoms with E-state index in [-0.39, 0.29) is 5.78 Å². The van der Waals surface area contributed by atoms with Gasteiger partial charge in [0.2, 0.25) is 0 Å². The number of ketones is 1. The largest absolute Gasteiger partial charge is 0.367 e. The van der Waals surface area contributed by atoms with Crippen LogP contribution in [0.1, 0.15) is 23.7 Å². The van der Waals surface area contributed by atoms with Crippen molar-refractivity contribution in [3.63, 3.8) is 0 Å². The highest BCUT2D eigenvalue weighted by Gasteiger charge is 2.22. The van der Waals surface area contributed by atoms with Crippen LogP contribution in [0.25, 0.3) is 0 Å². The predicted octanol–water partition coefficient (Wildman–Crippen LogP) is 3.84. The van der Waals surface area contributed by atoms with E-state index in [1.165, 1.54) is 0 Å². The highest BCUT2D eigenvalue weighted by molar-refractivity contribution is 14.1. The Morgan fingerprint density at radius 1 is 1.38 bits per heavy atom. The number of fused-ring (bicyclic) bond motifs is 1. The first-order valence-electron chi connectivity index (χ1n) is 7.00. The summed E-state index contributed by atoms with van der Waals surface area (Å²) in [5.74, 6) is 1.05. The average Bonchev–Trinajstić information content (AvgIpc) is 2.53. The minimum atomic E-state index is 0.171. The Bertz CT molecular complexity index is 687. The fraction of sp³-hybridized carbons (Fsp3) is 0.250. The number of nitrogens with zero attached hydrogens (tertiary/aromatic N) is 2. The van der Waals surface area contributed by atoms with Crippen LogP contribution in [0.3, 0.4) is 0 Å². The minimum absolute atomic E-state index is 0.171. The molecule has 4 nitrogen and oxygen atoms in total. The summed E-state index contributed by atoms with van der Waals surface area (Å²) in [6.45, 7) is 3.54. The van der Waals surface area contributed by atoms with Gasteiger partial charge in [0.1, 0.15) is 5.82 Å². The number of hydrogen-bond donors (Lipinski definition) is 1. The third-order valence-corrected chi connectivity index (χ3v) is 4.16. The van der Waals surface area contributed by atoms with E-state index in [1.54, 1.807) is 0 Å². The molecular formula is C16H16IN3O. The van der Waals surface area contributed by atoms with Crippen molar-refractivity contribution < 1.29 is 4.79 Å². The number of hydrogen-bond acceptors (Lipinski definition) is 4. The standard InChI is InChI=1S/C16H16IN3O/c1-2-15(21)12-5-3-4-6-13(12)20-8-7-18-16-14(20)9-11(17)10-19-16/h3-6,9-10H,2,7-8H2,1H3,(H,18,19). The Hall–Kier alpha value is -1.63. The highest BCUT2D eigenvalue weighted by Crippen LogP contribution is 2.36. The van der Waals surface area contributed by atoms with Gasteiger partial charge in [-0.2, -0.15) is 0 Å². The summed E-state index contributed by atoms with van der Waals surface area (Å²) in [6.07, 6.45) is 2.36. The van der Waals surface area contributed by atoms with Crippen molar-refractivity contribution in [3.8, 4) is 0 Å². The van der Waals surface area contributed by atoms with Crippen LogP contribution in [0.5, 0.6) is 0 Å². The number of carbonyl (C=O) groups is 1. The predicted molar refractivity (Wildman–Crippen MR) is 93.5 cm³/mol. The van der Waals surface area contributed by atoms with E-state index in [2.05, 4.69) is 43.9 Å². The number of pyridine rings is 1. The van der Waals surface area contributed by atoms with Gasteiger partial charge in [-0.25, -0.2) is 4.98 Å². The minimum Gasteiger partial charge on any atom is -0.367 e. The lowest BCUT2D eigenvalue weighted by atomic mass is 10.0. The van der Waals surface area contributed by atoms with Gasteiger partial charge < -0.3 is 10.2 Å². The van der Waals surface area contributed by atoms with Crippen LogP contribution >= 0.6 is 22.6 Å². The van der Waals surface area contributed by atoms with Gasteiger partial charge in [-0.1, -0.05) is 19.1 Å². The lowest BCUT2D eigenvalue weighted by Gasteiger charge is -2.32. The Morgan fingerprint density at radius 3 is 3.00 bits per heavy atom. The number of aromatic nitrogens is 1. The molecule has 0 radical (unpaired) electrons. The van der Waals surface area contributed by atoms with Crippen molar-refractivity contribution in [2.75, 3.05) is 23.3 Å². The van der Waals surface area contributed by atoms with Crippen LogP contribution in [-0.4, -0.2) is 23.9 Å². The van der Waals surface area contributed by atoms with Crippen molar-refractivity contribution in [1.29, 1.82) is 0 Å². The molecule has 1 aliphatic rings. The van der Waals surface area contributed by atoms with Crippen LogP contribution in [0.4, 0.5) is 17.2 Å². The second-order valence-corrected chi connectivity index (χ2v) is 6.14. The van der Waals surface area contributed by atoms with Crippen molar-refractivity contribution in [1.82, 2.24) is 4.98 Å². The zero-order valence-corrected chi connectivity index (χ0v) is 13.9. The van der Waals surface area contributed by atoms with Crippen LogP contribution < -0.4 is 10.2 Å². The molecule has 108 valence electrons. The zero-order valence-electron chi connectivity index (χ0n) is 11.8. The molecular weight excluding hydrogens is 377 g/mol. The van der Waals surface area contributed by atoms with Crippen LogP contribution in [0, 0.1) is 3.57 Å². The van der Waals surface area contributed by atoms with Gasteiger partial charge in [0.25, 0.3) is 0 Å². The molecule has 0 atom stereocenters. The maximum Gasteiger partial charge on any atom is 0.164 e. The lowest BCUT2D eigenvalue weighted by molar-refractivity contribution is 0.0988. The first-order chi connectivity index (χ1) is 10.2. The number of nitrogens with one attached hydrogen (secondary N) is 1. The van der Waals surface area contributed by atoms with Gasteiger partial charge in [0.15, 0.2) is 5.78 Å². The number of Topliss-reactive ketones (excluding diaryl/α,β-unsaturated/α-hetero) is 1. The molecule has 0 bridgehead atoms. The maximum absolute atomic E-state index is 12.2. The average molecular weight is 393 g/mol. The van der Waals surface area contributed by atoms with Crippen molar-refractivity contribution in [2.24, 2.45) is 0 Å². The van der Waals surface area contributed by atoms with E-state index in [0.717, 1.165) is 39.4 Å². The molecule has 0 spiro atoms. The second kappa shape index (κ2) is 6.01. The van der Waals surface area contributed by atoms with Crippen molar-refractivity contribution in [2.45, 2.75) is 13.3 Å².